The van der Waals surface area contributed by atoms with Gasteiger partial charge in [-0.25, -0.2) is 4.98 Å². The zero-order valence-electron chi connectivity index (χ0n) is 16.4. The van der Waals surface area contributed by atoms with Crippen LogP contribution >= 0.6 is 0 Å². The molecule has 1 fully saturated rings. The monoisotopic (exact) mass is 392 g/mol. The lowest BCUT2D eigenvalue weighted by molar-refractivity contribution is -0.132. The molecular weight excluding hydrogens is 368 g/mol. The van der Waals surface area contributed by atoms with E-state index in [9.17, 15) is 9.59 Å². The van der Waals surface area contributed by atoms with Crippen LogP contribution in [-0.2, 0) is 11.2 Å². The summed E-state index contributed by atoms with van der Waals surface area (Å²) in [5.74, 6) is 0.0817. The summed E-state index contributed by atoms with van der Waals surface area (Å²) in [5, 5.41) is 11.2. The fourth-order valence-electron chi connectivity index (χ4n) is 3.71. The van der Waals surface area contributed by atoms with E-state index in [0.29, 0.717) is 25.2 Å². The number of aromatic nitrogens is 4. The van der Waals surface area contributed by atoms with Crippen molar-refractivity contribution in [1.82, 2.24) is 30.4 Å². The van der Waals surface area contributed by atoms with Gasteiger partial charge in [0.05, 0.1) is 29.5 Å². The lowest BCUT2D eigenvalue weighted by Gasteiger charge is -2.33. The van der Waals surface area contributed by atoms with Crippen molar-refractivity contribution in [2.45, 2.75) is 26.2 Å². The summed E-state index contributed by atoms with van der Waals surface area (Å²) in [4.78, 5) is 35.2. The Morgan fingerprint density at radius 3 is 2.93 bits per heavy atom. The zero-order chi connectivity index (χ0) is 20.2. The Morgan fingerprint density at radius 2 is 2.10 bits per heavy atom. The Morgan fingerprint density at radius 1 is 1.24 bits per heavy atom. The number of hydrogen-bond acceptors (Lipinski definition) is 5. The van der Waals surface area contributed by atoms with E-state index in [0.717, 1.165) is 41.7 Å². The largest absolute Gasteiger partial charge is 0.350 e. The second-order valence-electron chi connectivity index (χ2n) is 7.50. The number of para-hydroxylation sites is 1. The van der Waals surface area contributed by atoms with Gasteiger partial charge in [-0.15, -0.1) is 0 Å². The number of amides is 2. The second-order valence-corrected chi connectivity index (χ2v) is 7.50. The van der Waals surface area contributed by atoms with Crippen molar-refractivity contribution in [2.75, 3.05) is 19.6 Å². The molecule has 0 aliphatic carbocycles. The third-order valence-corrected chi connectivity index (χ3v) is 5.31. The van der Waals surface area contributed by atoms with Crippen molar-refractivity contribution in [1.29, 1.82) is 0 Å². The van der Waals surface area contributed by atoms with Gasteiger partial charge >= 0.3 is 0 Å². The van der Waals surface area contributed by atoms with E-state index in [1.165, 1.54) is 6.20 Å². The van der Waals surface area contributed by atoms with Gasteiger partial charge < -0.3 is 10.2 Å². The first-order valence-corrected chi connectivity index (χ1v) is 9.87. The average Bonchev–Trinajstić information content (AvgIpc) is 3.15. The van der Waals surface area contributed by atoms with Crippen LogP contribution in [0.3, 0.4) is 0 Å². The molecule has 3 aromatic rings. The molecule has 2 aromatic heterocycles. The van der Waals surface area contributed by atoms with Crippen LogP contribution < -0.4 is 5.32 Å². The highest BCUT2D eigenvalue weighted by atomic mass is 16.2. The summed E-state index contributed by atoms with van der Waals surface area (Å²) < 4.78 is 0. The van der Waals surface area contributed by atoms with Crippen LogP contribution in [-0.4, -0.2) is 56.5 Å². The van der Waals surface area contributed by atoms with Crippen molar-refractivity contribution in [3.8, 4) is 0 Å². The molecular formula is C21H24N6O2. The highest BCUT2D eigenvalue weighted by Gasteiger charge is 2.25. The van der Waals surface area contributed by atoms with E-state index in [2.05, 4.69) is 25.5 Å². The fraction of sp³-hybridized carbons (Fsp3) is 0.381. The Kier molecular flexibility index (Phi) is 5.50. The number of likely N-dealkylation sites (tertiary alicyclic amines) is 1. The summed E-state index contributed by atoms with van der Waals surface area (Å²) in [6, 6.07) is 7.78. The molecule has 1 atom stereocenters. The minimum atomic E-state index is -0.232. The molecule has 4 rings (SSSR count). The number of aryl methyl sites for hydroxylation is 1. The lowest BCUT2D eigenvalue weighted by atomic mass is 9.97. The number of fused-ring (bicyclic) bond motifs is 1. The van der Waals surface area contributed by atoms with E-state index in [-0.39, 0.29) is 17.7 Å². The van der Waals surface area contributed by atoms with Crippen LogP contribution in [0.25, 0.3) is 10.9 Å². The van der Waals surface area contributed by atoms with Gasteiger partial charge in [0, 0.05) is 31.2 Å². The molecule has 2 amide bonds. The topological polar surface area (TPSA) is 104 Å². The maximum atomic E-state index is 12.8. The van der Waals surface area contributed by atoms with Gasteiger partial charge in [0.1, 0.15) is 5.69 Å². The van der Waals surface area contributed by atoms with Gasteiger partial charge in [-0.1, -0.05) is 18.2 Å². The average molecular weight is 392 g/mol. The molecule has 0 bridgehead atoms. The quantitative estimate of drug-likeness (QED) is 0.690. The van der Waals surface area contributed by atoms with Crippen molar-refractivity contribution in [3.63, 3.8) is 0 Å². The van der Waals surface area contributed by atoms with E-state index in [1.807, 2.05) is 36.1 Å². The Bertz CT molecular complexity index is 1010. The standard InChI is InChI=1S/C21H24N6O2/c1-14-10-23-19(12-22-14)21(29)24-11-15-5-4-8-27(13-15)20(28)9-18-16-6-2-3-7-17(16)25-26-18/h2-3,6-7,10,12,15H,4-5,8-9,11,13H2,1H3,(H,24,29)(H,25,26). The maximum absolute atomic E-state index is 12.8. The van der Waals surface area contributed by atoms with Crippen molar-refractivity contribution in [2.24, 2.45) is 5.92 Å². The van der Waals surface area contributed by atoms with Crippen LogP contribution in [0.5, 0.6) is 0 Å². The van der Waals surface area contributed by atoms with Crippen LogP contribution in [0, 0.1) is 12.8 Å². The highest BCUT2D eigenvalue weighted by Crippen LogP contribution is 2.19. The Balaban J connectivity index is 1.32. The molecule has 8 heteroatoms. The number of benzene rings is 1. The lowest BCUT2D eigenvalue weighted by Crippen LogP contribution is -2.44. The molecule has 1 saturated heterocycles. The van der Waals surface area contributed by atoms with E-state index >= 15 is 0 Å². The Labute approximate surface area is 168 Å². The van der Waals surface area contributed by atoms with Crippen LogP contribution in [0.15, 0.2) is 36.7 Å². The van der Waals surface area contributed by atoms with Gasteiger partial charge in [0.2, 0.25) is 5.91 Å². The third kappa shape index (κ3) is 4.42. The number of hydrogen-bond donors (Lipinski definition) is 2. The fourth-order valence-corrected chi connectivity index (χ4v) is 3.71. The molecule has 0 saturated carbocycles. The number of H-pyrrole nitrogens is 1. The number of carbonyl (C=O) groups is 2. The third-order valence-electron chi connectivity index (χ3n) is 5.31. The molecule has 2 N–H and O–H groups in total. The molecule has 8 nitrogen and oxygen atoms in total. The van der Waals surface area contributed by atoms with E-state index in [1.54, 1.807) is 6.20 Å². The normalized spacial score (nSPS) is 16.7. The summed E-state index contributed by atoms with van der Waals surface area (Å²) in [5.41, 5.74) is 2.80. The second kappa shape index (κ2) is 8.38. The number of carbonyl (C=O) groups excluding carboxylic acids is 2. The smallest absolute Gasteiger partial charge is 0.271 e. The highest BCUT2D eigenvalue weighted by molar-refractivity contribution is 5.92. The van der Waals surface area contributed by atoms with Gasteiger partial charge in [-0.2, -0.15) is 5.10 Å². The molecule has 29 heavy (non-hydrogen) atoms. The first kappa shape index (κ1) is 19.0. The predicted molar refractivity (Wildman–Crippen MR) is 108 cm³/mol. The summed E-state index contributed by atoms with van der Waals surface area (Å²) in [6.07, 6.45) is 5.28. The van der Waals surface area contributed by atoms with E-state index in [4.69, 9.17) is 0 Å². The molecule has 0 spiro atoms. The molecule has 1 aromatic carbocycles. The van der Waals surface area contributed by atoms with Gasteiger partial charge in [0.25, 0.3) is 5.91 Å². The van der Waals surface area contributed by atoms with Crippen LogP contribution in [0.1, 0.15) is 34.7 Å². The maximum Gasteiger partial charge on any atom is 0.271 e. The van der Waals surface area contributed by atoms with Crippen molar-refractivity contribution >= 4 is 22.7 Å². The predicted octanol–water partition coefficient (Wildman–Crippen LogP) is 1.87. The number of aromatic amines is 1. The first-order chi connectivity index (χ1) is 14.1. The van der Waals surface area contributed by atoms with Crippen molar-refractivity contribution in [3.05, 3.63) is 53.7 Å². The molecule has 1 unspecified atom stereocenters. The molecule has 1 aliphatic heterocycles. The number of piperidine rings is 1. The summed E-state index contributed by atoms with van der Waals surface area (Å²) >= 11 is 0. The number of rotatable bonds is 5. The zero-order valence-corrected chi connectivity index (χ0v) is 16.4. The Hall–Kier alpha value is -3.29. The SMILES string of the molecule is Cc1cnc(C(=O)NCC2CCCN(C(=O)Cc3[nH]nc4ccccc34)C2)cn1. The van der Waals surface area contributed by atoms with Gasteiger partial charge in [-0.05, 0) is 31.7 Å². The van der Waals surface area contributed by atoms with Gasteiger partial charge in [-0.3, -0.25) is 19.7 Å². The van der Waals surface area contributed by atoms with Crippen LogP contribution in [0.4, 0.5) is 0 Å². The number of nitrogens with zero attached hydrogens (tertiary/aromatic N) is 4. The summed E-state index contributed by atoms with van der Waals surface area (Å²) in [7, 11) is 0. The molecule has 3 heterocycles. The van der Waals surface area contributed by atoms with E-state index < -0.39 is 0 Å². The molecule has 1 aliphatic rings. The van der Waals surface area contributed by atoms with Gasteiger partial charge in [0.15, 0.2) is 0 Å². The summed E-state index contributed by atoms with van der Waals surface area (Å²) in [6.45, 7) is 3.74. The van der Waals surface area contributed by atoms with Crippen LogP contribution in [0.2, 0.25) is 0 Å². The number of nitrogens with one attached hydrogen (secondary N) is 2. The minimum absolute atomic E-state index is 0.0832. The first-order valence-electron chi connectivity index (χ1n) is 9.87. The van der Waals surface area contributed by atoms with Crippen molar-refractivity contribution < 1.29 is 9.59 Å². The molecule has 0 radical (unpaired) electrons. The molecule has 150 valence electrons. The minimum Gasteiger partial charge on any atom is -0.350 e.